The molecule has 5 heteroatoms. The maximum Gasteiger partial charge on any atom is 0.0882 e. The Morgan fingerprint density at radius 1 is 1.40 bits per heavy atom. The largest absolute Gasteiger partial charge is 0.394 e. The Hall–Kier alpha value is -0.200. The predicted octanol–water partition coefficient (Wildman–Crippen LogP) is 0.656. The van der Waals surface area contributed by atoms with Crippen molar-refractivity contribution in [1.29, 1.82) is 0 Å². The van der Waals surface area contributed by atoms with Crippen LogP contribution in [-0.2, 0) is 14.8 Å². The Morgan fingerprint density at radius 2 is 2.20 bits per heavy atom. The number of aliphatic hydroxyl groups excluding tert-OH is 2. The van der Waals surface area contributed by atoms with Crippen molar-refractivity contribution in [3.63, 3.8) is 0 Å². The summed E-state index contributed by atoms with van der Waals surface area (Å²) in [5.41, 5.74) is 0. The molecule has 5 nitrogen and oxygen atoms in total. The fraction of sp³-hybridized carbons (Fsp3) is 1.00. The highest BCUT2D eigenvalue weighted by atomic mass is 17.5. The van der Waals surface area contributed by atoms with Crippen molar-refractivity contribution < 1.29 is 25.0 Å². The Kier molecular flexibility index (Phi) is 6.12. The maximum absolute atomic E-state index is 9.41. The van der Waals surface area contributed by atoms with Gasteiger partial charge in [-0.1, -0.05) is 12.0 Å². The summed E-state index contributed by atoms with van der Waals surface area (Å²) in [6, 6.07) is 0. The molecule has 3 atom stereocenters. The molecule has 0 aromatic carbocycles. The molecule has 1 rings (SSSR count). The molecule has 0 amide bonds. The van der Waals surface area contributed by atoms with E-state index < -0.39 is 6.10 Å². The second kappa shape index (κ2) is 7.14. The maximum atomic E-state index is 9.41. The van der Waals surface area contributed by atoms with Crippen LogP contribution in [0, 0.1) is 11.8 Å². The molecule has 0 radical (unpaired) electrons. The van der Waals surface area contributed by atoms with E-state index in [1.54, 1.807) is 0 Å². The molecule has 0 aromatic heterocycles. The summed E-state index contributed by atoms with van der Waals surface area (Å²) in [5, 5.41) is 22.7. The molecule has 2 N–H and O–H groups in total. The minimum Gasteiger partial charge on any atom is -0.394 e. The summed E-state index contributed by atoms with van der Waals surface area (Å²) in [7, 11) is 0. The molecule has 1 aliphatic heterocycles. The Morgan fingerprint density at radius 3 is 2.93 bits per heavy atom. The molecule has 15 heavy (non-hydrogen) atoms. The number of hydrogen-bond acceptors (Lipinski definition) is 5. The van der Waals surface area contributed by atoms with Gasteiger partial charge in [0.2, 0.25) is 0 Å². The third kappa shape index (κ3) is 4.90. The minimum absolute atomic E-state index is 0.183. The summed E-state index contributed by atoms with van der Waals surface area (Å²) in [4.78, 5) is 9.59. The normalized spacial score (nSPS) is 31.4. The van der Waals surface area contributed by atoms with Gasteiger partial charge >= 0.3 is 0 Å². The van der Waals surface area contributed by atoms with Crippen molar-refractivity contribution in [2.75, 3.05) is 19.8 Å². The molecule has 90 valence electrons. The minimum atomic E-state index is -0.639. The first-order valence-electron chi connectivity index (χ1n) is 5.44. The first-order valence-corrected chi connectivity index (χ1v) is 5.44. The fourth-order valence-electron chi connectivity index (χ4n) is 1.80. The molecule has 0 aliphatic carbocycles. The highest BCUT2D eigenvalue weighted by Gasteiger charge is 2.22. The van der Waals surface area contributed by atoms with E-state index in [0.29, 0.717) is 25.6 Å². The topological polar surface area (TPSA) is 68.2 Å². The van der Waals surface area contributed by atoms with E-state index in [1.165, 1.54) is 0 Å². The van der Waals surface area contributed by atoms with Crippen molar-refractivity contribution in [1.82, 2.24) is 0 Å². The van der Waals surface area contributed by atoms with Crippen molar-refractivity contribution in [2.24, 2.45) is 11.8 Å². The van der Waals surface area contributed by atoms with Gasteiger partial charge < -0.3 is 10.2 Å². The molecule has 1 aliphatic rings. The Labute approximate surface area is 89.8 Å². The SMILES string of the molecule is CC1COOOCCCC1CC(O)CO. The second-order valence-electron chi connectivity index (χ2n) is 4.13. The molecule has 1 saturated heterocycles. The summed E-state index contributed by atoms with van der Waals surface area (Å²) >= 11 is 0. The molecule has 0 saturated carbocycles. The van der Waals surface area contributed by atoms with Gasteiger partial charge in [-0.3, -0.25) is 0 Å². The lowest BCUT2D eigenvalue weighted by Gasteiger charge is -2.23. The zero-order chi connectivity index (χ0) is 11.1. The highest BCUT2D eigenvalue weighted by molar-refractivity contribution is 4.70. The lowest BCUT2D eigenvalue weighted by atomic mass is 9.86. The molecular weight excluding hydrogens is 200 g/mol. The summed E-state index contributed by atoms with van der Waals surface area (Å²) in [6.07, 6.45) is 1.78. The van der Waals surface area contributed by atoms with Crippen LogP contribution in [0.25, 0.3) is 0 Å². The monoisotopic (exact) mass is 220 g/mol. The quantitative estimate of drug-likeness (QED) is 0.684. The van der Waals surface area contributed by atoms with Crippen LogP contribution < -0.4 is 0 Å². The first kappa shape index (κ1) is 12.9. The van der Waals surface area contributed by atoms with Crippen LogP contribution in [0.1, 0.15) is 26.2 Å². The van der Waals surface area contributed by atoms with E-state index in [-0.39, 0.29) is 12.5 Å². The summed E-state index contributed by atoms with van der Waals surface area (Å²) in [6.45, 7) is 2.81. The molecule has 3 unspecified atom stereocenters. The third-order valence-corrected chi connectivity index (χ3v) is 2.82. The predicted molar refractivity (Wildman–Crippen MR) is 52.6 cm³/mol. The van der Waals surface area contributed by atoms with Crippen LogP contribution in [0.5, 0.6) is 0 Å². The number of aliphatic hydroxyl groups is 2. The van der Waals surface area contributed by atoms with Crippen molar-refractivity contribution >= 4 is 0 Å². The zero-order valence-corrected chi connectivity index (χ0v) is 9.09. The standard InChI is InChI=1S/C10H20O5/c1-8-7-14-15-13-4-2-3-9(8)5-10(12)6-11/h8-12H,2-7H2,1H3. The van der Waals surface area contributed by atoms with Crippen molar-refractivity contribution in [2.45, 2.75) is 32.3 Å². The summed E-state index contributed by atoms with van der Waals surface area (Å²) in [5.74, 6) is 0.616. The van der Waals surface area contributed by atoms with Crippen LogP contribution in [0.15, 0.2) is 0 Å². The van der Waals surface area contributed by atoms with Gasteiger partial charge in [0.25, 0.3) is 0 Å². The van der Waals surface area contributed by atoms with Crippen molar-refractivity contribution in [3.05, 3.63) is 0 Å². The van der Waals surface area contributed by atoms with Gasteiger partial charge in [0.05, 0.1) is 25.9 Å². The molecule has 1 fully saturated rings. The van der Waals surface area contributed by atoms with E-state index in [2.05, 4.69) is 5.04 Å². The first-order chi connectivity index (χ1) is 7.24. The fourth-order valence-corrected chi connectivity index (χ4v) is 1.80. The highest BCUT2D eigenvalue weighted by Crippen LogP contribution is 2.24. The number of rotatable bonds is 3. The molecule has 0 bridgehead atoms. The molecular formula is C10H20O5. The molecule has 0 aromatic rings. The second-order valence-corrected chi connectivity index (χ2v) is 4.13. The van der Waals surface area contributed by atoms with Crippen LogP contribution in [-0.4, -0.2) is 36.1 Å². The lowest BCUT2D eigenvalue weighted by molar-refractivity contribution is -0.513. The van der Waals surface area contributed by atoms with E-state index >= 15 is 0 Å². The van der Waals surface area contributed by atoms with Gasteiger partial charge in [-0.2, -0.15) is 0 Å². The Balaban J connectivity index is 2.40. The van der Waals surface area contributed by atoms with Gasteiger partial charge in [-0.25, -0.2) is 9.78 Å². The average molecular weight is 220 g/mol. The number of hydrogen-bond donors (Lipinski definition) is 2. The van der Waals surface area contributed by atoms with Crippen LogP contribution in [0.4, 0.5) is 0 Å². The molecule has 0 spiro atoms. The van der Waals surface area contributed by atoms with E-state index in [0.717, 1.165) is 12.8 Å². The third-order valence-electron chi connectivity index (χ3n) is 2.82. The van der Waals surface area contributed by atoms with Crippen LogP contribution in [0.2, 0.25) is 0 Å². The average Bonchev–Trinajstić information content (AvgIpc) is 2.33. The van der Waals surface area contributed by atoms with Gasteiger partial charge in [0.15, 0.2) is 0 Å². The lowest BCUT2D eigenvalue weighted by Crippen LogP contribution is -2.24. The summed E-state index contributed by atoms with van der Waals surface area (Å²) < 4.78 is 0. The van der Waals surface area contributed by atoms with E-state index in [4.69, 9.17) is 14.9 Å². The van der Waals surface area contributed by atoms with E-state index in [1.807, 2.05) is 6.92 Å². The van der Waals surface area contributed by atoms with Gasteiger partial charge in [-0.15, -0.1) is 0 Å². The van der Waals surface area contributed by atoms with Gasteiger partial charge in [-0.05, 0) is 31.1 Å². The van der Waals surface area contributed by atoms with Crippen LogP contribution in [0.3, 0.4) is 0 Å². The van der Waals surface area contributed by atoms with Crippen LogP contribution >= 0.6 is 0 Å². The van der Waals surface area contributed by atoms with Gasteiger partial charge in [0, 0.05) is 0 Å². The van der Waals surface area contributed by atoms with Gasteiger partial charge in [0.1, 0.15) is 0 Å². The molecule has 1 heterocycles. The van der Waals surface area contributed by atoms with Crippen molar-refractivity contribution in [3.8, 4) is 0 Å². The Bertz CT molecular complexity index is 164. The zero-order valence-electron chi connectivity index (χ0n) is 9.09. The smallest absolute Gasteiger partial charge is 0.0882 e. The van der Waals surface area contributed by atoms with E-state index in [9.17, 15) is 5.11 Å².